The van der Waals surface area contributed by atoms with E-state index in [9.17, 15) is 9.59 Å². The van der Waals surface area contributed by atoms with Gasteiger partial charge in [-0.15, -0.1) is 0 Å². The monoisotopic (exact) mass is 431 g/mol. The Kier molecular flexibility index (Phi) is 8.26. The van der Waals surface area contributed by atoms with Crippen LogP contribution in [-0.4, -0.2) is 31.5 Å². The Balaban J connectivity index is 1.58. The number of hydrogen-bond acceptors (Lipinski definition) is 4. The molecular weight excluding hydrogens is 402 g/mol. The number of ether oxygens (including phenoxy) is 1. The van der Waals surface area contributed by atoms with Crippen molar-refractivity contribution in [2.75, 3.05) is 35.2 Å². The van der Waals surface area contributed by atoms with Crippen molar-refractivity contribution in [3.05, 3.63) is 84.4 Å². The molecule has 0 fully saturated rings. The fourth-order valence-corrected chi connectivity index (χ4v) is 3.21. The maximum atomic E-state index is 13.0. The first kappa shape index (κ1) is 22.9. The van der Waals surface area contributed by atoms with E-state index in [2.05, 4.69) is 17.6 Å². The summed E-state index contributed by atoms with van der Waals surface area (Å²) < 4.78 is 5.56. The lowest BCUT2D eigenvalue weighted by molar-refractivity contribution is -0.114. The summed E-state index contributed by atoms with van der Waals surface area (Å²) in [6.45, 7) is 5.33. The van der Waals surface area contributed by atoms with Crippen LogP contribution in [0.1, 0.15) is 30.6 Å². The first-order valence-electron chi connectivity index (χ1n) is 10.8. The zero-order chi connectivity index (χ0) is 22.8. The molecule has 32 heavy (non-hydrogen) atoms. The summed E-state index contributed by atoms with van der Waals surface area (Å²) >= 11 is 0. The second-order valence-corrected chi connectivity index (χ2v) is 7.24. The van der Waals surface area contributed by atoms with Crippen molar-refractivity contribution in [1.82, 2.24) is 0 Å². The zero-order valence-electron chi connectivity index (χ0n) is 18.5. The van der Waals surface area contributed by atoms with Gasteiger partial charge in [-0.1, -0.05) is 31.2 Å². The molecule has 6 nitrogen and oxygen atoms in total. The largest absolute Gasteiger partial charge is 0.494 e. The predicted octanol–water partition coefficient (Wildman–Crippen LogP) is 5.19. The van der Waals surface area contributed by atoms with Crippen molar-refractivity contribution in [2.24, 2.45) is 0 Å². The number of nitrogens with one attached hydrogen (secondary N) is 2. The SMILES string of the molecule is CCCOc1ccc(NCC(=O)Nc2cccc(C(=O)N(CC)c3ccccc3)c2)cc1. The average molecular weight is 432 g/mol. The van der Waals surface area contributed by atoms with Crippen LogP contribution >= 0.6 is 0 Å². The van der Waals surface area contributed by atoms with Gasteiger partial charge in [-0.25, -0.2) is 0 Å². The van der Waals surface area contributed by atoms with E-state index >= 15 is 0 Å². The summed E-state index contributed by atoms with van der Waals surface area (Å²) in [7, 11) is 0. The van der Waals surface area contributed by atoms with Crippen LogP contribution in [0.4, 0.5) is 17.1 Å². The van der Waals surface area contributed by atoms with E-state index < -0.39 is 0 Å². The molecule has 0 atom stereocenters. The Morgan fingerprint density at radius 3 is 2.31 bits per heavy atom. The number of carbonyl (C=O) groups is 2. The maximum Gasteiger partial charge on any atom is 0.258 e. The summed E-state index contributed by atoms with van der Waals surface area (Å²) in [6, 6.07) is 24.0. The molecule has 0 aliphatic heterocycles. The number of benzene rings is 3. The summed E-state index contributed by atoms with van der Waals surface area (Å²) in [6.07, 6.45) is 0.954. The molecular formula is C26H29N3O3. The van der Waals surface area contributed by atoms with E-state index in [1.165, 1.54) is 0 Å². The summed E-state index contributed by atoms with van der Waals surface area (Å²) in [5.41, 5.74) is 2.76. The number of rotatable bonds is 10. The van der Waals surface area contributed by atoms with Gasteiger partial charge in [0.25, 0.3) is 5.91 Å². The van der Waals surface area contributed by atoms with Crippen molar-refractivity contribution < 1.29 is 14.3 Å². The Bertz CT molecular complexity index is 1020. The highest BCUT2D eigenvalue weighted by Gasteiger charge is 2.16. The summed E-state index contributed by atoms with van der Waals surface area (Å²) in [5, 5.41) is 5.94. The molecule has 0 aromatic heterocycles. The second-order valence-electron chi connectivity index (χ2n) is 7.24. The molecule has 0 spiro atoms. The molecule has 0 radical (unpaired) electrons. The van der Waals surface area contributed by atoms with Crippen LogP contribution in [0.2, 0.25) is 0 Å². The molecule has 0 saturated carbocycles. The number of para-hydroxylation sites is 1. The molecule has 0 bridgehead atoms. The van der Waals surface area contributed by atoms with Crippen LogP contribution in [-0.2, 0) is 4.79 Å². The lowest BCUT2D eigenvalue weighted by Crippen LogP contribution is -2.30. The Hall–Kier alpha value is -3.80. The van der Waals surface area contributed by atoms with Crippen LogP contribution < -0.4 is 20.3 Å². The molecule has 6 heteroatoms. The zero-order valence-corrected chi connectivity index (χ0v) is 18.5. The minimum absolute atomic E-state index is 0.110. The Morgan fingerprint density at radius 2 is 1.62 bits per heavy atom. The van der Waals surface area contributed by atoms with Gasteiger partial charge in [0.05, 0.1) is 13.2 Å². The summed E-state index contributed by atoms with van der Waals surface area (Å²) in [5.74, 6) is 0.495. The fraction of sp³-hybridized carbons (Fsp3) is 0.231. The number of nitrogens with zero attached hydrogens (tertiary/aromatic N) is 1. The average Bonchev–Trinajstić information content (AvgIpc) is 2.83. The van der Waals surface area contributed by atoms with Crippen molar-refractivity contribution in [3.8, 4) is 5.75 Å². The lowest BCUT2D eigenvalue weighted by Gasteiger charge is -2.21. The minimum Gasteiger partial charge on any atom is -0.494 e. The van der Waals surface area contributed by atoms with Crippen molar-refractivity contribution in [3.63, 3.8) is 0 Å². The molecule has 3 aromatic carbocycles. The van der Waals surface area contributed by atoms with Crippen LogP contribution in [0, 0.1) is 0 Å². The van der Waals surface area contributed by atoms with Gasteiger partial charge in [-0.3, -0.25) is 9.59 Å². The van der Waals surface area contributed by atoms with Crippen LogP contribution in [0.5, 0.6) is 5.75 Å². The second kappa shape index (κ2) is 11.6. The molecule has 0 heterocycles. The molecule has 0 unspecified atom stereocenters. The van der Waals surface area contributed by atoms with Gasteiger partial charge < -0.3 is 20.3 Å². The van der Waals surface area contributed by atoms with E-state index in [1.54, 1.807) is 29.2 Å². The van der Waals surface area contributed by atoms with Crippen molar-refractivity contribution in [1.29, 1.82) is 0 Å². The highest BCUT2D eigenvalue weighted by atomic mass is 16.5. The highest BCUT2D eigenvalue weighted by molar-refractivity contribution is 6.07. The number of carbonyl (C=O) groups excluding carboxylic acids is 2. The Labute approximate surface area is 189 Å². The van der Waals surface area contributed by atoms with Gasteiger partial charge in [0.2, 0.25) is 5.91 Å². The Morgan fingerprint density at radius 1 is 0.875 bits per heavy atom. The van der Waals surface area contributed by atoms with Gasteiger partial charge in [-0.05, 0) is 67.9 Å². The minimum atomic E-state index is -0.198. The number of anilines is 3. The smallest absolute Gasteiger partial charge is 0.258 e. The third-order valence-corrected chi connectivity index (χ3v) is 4.80. The molecule has 0 saturated heterocycles. The maximum absolute atomic E-state index is 13.0. The van der Waals surface area contributed by atoms with E-state index in [1.807, 2.05) is 61.5 Å². The third-order valence-electron chi connectivity index (χ3n) is 4.80. The molecule has 0 aliphatic rings. The lowest BCUT2D eigenvalue weighted by atomic mass is 10.1. The van der Waals surface area contributed by atoms with E-state index in [4.69, 9.17) is 4.74 Å². The molecule has 2 N–H and O–H groups in total. The normalized spacial score (nSPS) is 10.3. The standard InChI is InChI=1S/C26H29N3O3/c1-3-17-32-24-15-13-21(14-16-24)27-19-25(30)28-22-10-8-9-20(18-22)26(31)29(4-2)23-11-6-5-7-12-23/h5-16,18,27H,3-4,17,19H2,1-2H3,(H,28,30). The topological polar surface area (TPSA) is 70.7 Å². The van der Waals surface area contributed by atoms with Crippen LogP contribution in [0.15, 0.2) is 78.9 Å². The van der Waals surface area contributed by atoms with Crippen molar-refractivity contribution >= 4 is 28.9 Å². The first-order valence-corrected chi connectivity index (χ1v) is 10.8. The van der Waals surface area contributed by atoms with Crippen LogP contribution in [0.3, 0.4) is 0 Å². The van der Waals surface area contributed by atoms with Gasteiger partial charge >= 0.3 is 0 Å². The third kappa shape index (κ3) is 6.35. The molecule has 166 valence electrons. The van der Waals surface area contributed by atoms with Gasteiger partial charge in [0.15, 0.2) is 0 Å². The molecule has 0 aliphatic carbocycles. The molecule has 3 aromatic rings. The van der Waals surface area contributed by atoms with Gasteiger partial charge in [0, 0.05) is 29.2 Å². The number of hydrogen-bond donors (Lipinski definition) is 2. The summed E-state index contributed by atoms with van der Waals surface area (Å²) in [4.78, 5) is 27.1. The predicted molar refractivity (Wildman–Crippen MR) is 130 cm³/mol. The van der Waals surface area contributed by atoms with Crippen molar-refractivity contribution in [2.45, 2.75) is 20.3 Å². The van der Waals surface area contributed by atoms with Crippen LogP contribution in [0.25, 0.3) is 0 Å². The highest BCUT2D eigenvalue weighted by Crippen LogP contribution is 2.19. The molecule has 3 rings (SSSR count). The quantitative estimate of drug-likeness (QED) is 0.463. The molecule has 2 amide bonds. The van der Waals surface area contributed by atoms with Gasteiger partial charge in [0.1, 0.15) is 5.75 Å². The first-order chi connectivity index (χ1) is 15.6. The van der Waals surface area contributed by atoms with E-state index in [0.717, 1.165) is 23.5 Å². The number of amides is 2. The van der Waals surface area contributed by atoms with Gasteiger partial charge in [-0.2, -0.15) is 0 Å². The fourth-order valence-electron chi connectivity index (χ4n) is 3.21. The van der Waals surface area contributed by atoms with E-state index in [0.29, 0.717) is 24.4 Å². The van der Waals surface area contributed by atoms with E-state index in [-0.39, 0.29) is 18.4 Å².